The zero-order chi connectivity index (χ0) is 17.1. The topological polar surface area (TPSA) is 58.3 Å². The molecule has 5 heteroatoms. The number of likely N-dealkylation sites (tertiary alicyclic amines) is 1. The van der Waals surface area contributed by atoms with Crippen LogP contribution in [0.1, 0.15) is 38.5 Å². The van der Waals surface area contributed by atoms with Gasteiger partial charge < -0.3 is 15.5 Å². The molecule has 25 heavy (non-hydrogen) atoms. The lowest BCUT2D eigenvalue weighted by molar-refractivity contribution is 0.217. The molecular formula is C20H29N5. The summed E-state index contributed by atoms with van der Waals surface area (Å²) < 4.78 is 0. The first kappa shape index (κ1) is 16.6. The van der Waals surface area contributed by atoms with Gasteiger partial charge in [0.05, 0.1) is 5.52 Å². The number of anilines is 2. The Hall–Kier alpha value is -1.88. The smallest absolute Gasteiger partial charge is 0.227 e. The summed E-state index contributed by atoms with van der Waals surface area (Å²) in [4.78, 5) is 14.3. The van der Waals surface area contributed by atoms with E-state index in [4.69, 9.17) is 10.7 Å². The Labute approximate surface area is 150 Å². The van der Waals surface area contributed by atoms with E-state index in [0.717, 1.165) is 35.9 Å². The fourth-order valence-electron chi connectivity index (χ4n) is 4.23. The normalized spacial score (nSPS) is 20.7. The number of nitrogen functional groups attached to an aromatic ring is 1. The third kappa shape index (κ3) is 3.87. The van der Waals surface area contributed by atoms with Gasteiger partial charge in [0.25, 0.3) is 0 Å². The van der Waals surface area contributed by atoms with Crippen LogP contribution in [0.5, 0.6) is 0 Å². The monoisotopic (exact) mass is 339 g/mol. The van der Waals surface area contributed by atoms with Gasteiger partial charge in [0.2, 0.25) is 5.95 Å². The summed E-state index contributed by atoms with van der Waals surface area (Å²) in [6, 6.07) is 7.99. The second-order valence-corrected chi connectivity index (χ2v) is 7.57. The van der Waals surface area contributed by atoms with Crippen molar-refractivity contribution in [1.29, 1.82) is 0 Å². The molecule has 0 spiro atoms. The summed E-state index contributed by atoms with van der Waals surface area (Å²) in [5.74, 6) is 2.20. The van der Waals surface area contributed by atoms with E-state index < -0.39 is 0 Å². The molecule has 0 aliphatic carbocycles. The van der Waals surface area contributed by atoms with E-state index >= 15 is 0 Å². The Bertz CT molecular complexity index is 700. The van der Waals surface area contributed by atoms with Crippen LogP contribution in [0.25, 0.3) is 10.9 Å². The molecule has 2 saturated heterocycles. The number of rotatable bonds is 3. The molecule has 4 rings (SSSR count). The highest BCUT2D eigenvalue weighted by Crippen LogP contribution is 2.26. The maximum Gasteiger partial charge on any atom is 0.227 e. The van der Waals surface area contributed by atoms with Gasteiger partial charge in [-0.05, 0) is 56.8 Å². The van der Waals surface area contributed by atoms with E-state index in [1.807, 2.05) is 24.3 Å². The van der Waals surface area contributed by atoms with Crippen molar-refractivity contribution in [3.05, 3.63) is 24.3 Å². The van der Waals surface area contributed by atoms with Gasteiger partial charge in [-0.15, -0.1) is 0 Å². The zero-order valence-corrected chi connectivity index (χ0v) is 15.0. The third-order valence-corrected chi connectivity index (χ3v) is 5.73. The zero-order valence-electron chi connectivity index (χ0n) is 15.0. The van der Waals surface area contributed by atoms with Crippen molar-refractivity contribution in [2.75, 3.05) is 43.4 Å². The Morgan fingerprint density at radius 3 is 2.40 bits per heavy atom. The number of nitrogens with two attached hydrogens (primary N) is 1. The molecule has 0 amide bonds. The average Bonchev–Trinajstić information content (AvgIpc) is 2.91. The molecule has 2 aromatic rings. The number of piperidine rings is 1. The van der Waals surface area contributed by atoms with E-state index in [0.29, 0.717) is 5.82 Å². The van der Waals surface area contributed by atoms with Crippen molar-refractivity contribution in [2.24, 2.45) is 5.92 Å². The summed E-state index contributed by atoms with van der Waals surface area (Å²) in [5.41, 5.74) is 7.09. The van der Waals surface area contributed by atoms with Crippen LogP contribution in [0, 0.1) is 5.92 Å². The van der Waals surface area contributed by atoms with Gasteiger partial charge in [0.1, 0.15) is 5.82 Å². The maximum atomic E-state index is 6.15. The van der Waals surface area contributed by atoms with Crippen molar-refractivity contribution in [3.8, 4) is 0 Å². The summed E-state index contributed by atoms with van der Waals surface area (Å²) in [5, 5.41) is 0.947. The van der Waals surface area contributed by atoms with Crippen LogP contribution in [0.3, 0.4) is 0 Å². The molecule has 0 bridgehead atoms. The van der Waals surface area contributed by atoms with Crippen LogP contribution in [-0.4, -0.2) is 47.6 Å². The quantitative estimate of drug-likeness (QED) is 0.930. The van der Waals surface area contributed by atoms with Crippen LogP contribution >= 0.6 is 0 Å². The lowest BCUT2D eigenvalue weighted by Gasteiger charge is -2.34. The standard InChI is InChI=1S/C20H29N5/c21-19-17-7-3-4-8-18(17)22-20(23-19)25-13-9-16(10-14-25)15-24-11-5-1-2-6-12-24/h3-4,7-8,16H,1-2,5-6,9-15H2,(H2,21,22,23). The molecular weight excluding hydrogens is 310 g/mol. The van der Waals surface area contributed by atoms with Crippen LogP contribution in [-0.2, 0) is 0 Å². The number of para-hydroxylation sites is 1. The van der Waals surface area contributed by atoms with E-state index in [-0.39, 0.29) is 0 Å². The van der Waals surface area contributed by atoms with Crippen molar-refractivity contribution in [2.45, 2.75) is 38.5 Å². The van der Waals surface area contributed by atoms with Gasteiger partial charge >= 0.3 is 0 Å². The van der Waals surface area contributed by atoms with Crippen molar-refractivity contribution < 1.29 is 0 Å². The first-order valence-corrected chi connectivity index (χ1v) is 9.79. The van der Waals surface area contributed by atoms with E-state index in [2.05, 4.69) is 14.8 Å². The number of fused-ring (bicyclic) bond motifs is 1. The number of hydrogen-bond acceptors (Lipinski definition) is 5. The second-order valence-electron chi connectivity index (χ2n) is 7.57. The highest BCUT2D eigenvalue weighted by Gasteiger charge is 2.23. The lowest BCUT2D eigenvalue weighted by atomic mass is 9.96. The van der Waals surface area contributed by atoms with Gasteiger partial charge in [-0.3, -0.25) is 0 Å². The molecule has 0 saturated carbocycles. The molecule has 1 aromatic heterocycles. The van der Waals surface area contributed by atoms with Crippen molar-refractivity contribution in [3.63, 3.8) is 0 Å². The second kappa shape index (κ2) is 7.56. The van der Waals surface area contributed by atoms with Gasteiger partial charge in [-0.2, -0.15) is 4.98 Å². The molecule has 2 aliphatic rings. The number of nitrogens with zero attached hydrogens (tertiary/aromatic N) is 4. The Kier molecular flexibility index (Phi) is 5.02. The highest BCUT2D eigenvalue weighted by atomic mass is 15.3. The Morgan fingerprint density at radius 2 is 1.64 bits per heavy atom. The predicted molar refractivity (Wildman–Crippen MR) is 104 cm³/mol. The van der Waals surface area contributed by atoms with Crippen LogP contribution in [0.15, 0.2) is 24.3 Å². The number of hydrogen-bond donors (Lipinski definition) is 1. The molecule has 5 nitrogen and oxygen atoms in total. The molecule has 2 N–H and O–H groups in total. The van der Waals surface area contributed by atoms with Crippen LogP contribution in [0.4, 0.5) is 11.8 Å². The number of aromatic nitrogens is 2. The Balaban J connectivity index is 1.38. The molecule has 0 unspecified atom stereocenters. The van der Waals surface area contributed by atoms with Gasteiger partial charge in [-0.25, -0.2) is 4.98 Å². The summed E-state index contributed by atoms with van der Waals surface area (Å²) in [6.07, 6.45) is 8.04. The van der Waals surface area contributed by atoms with E-state index in [1.54, 1.807) is 0 Å². The first-order chi connectivity index (χ1) is 12.3. The Morgan fingerprint density at radius 1 is 0.920 bits per heavy atom. The minimum atomic E-state index is 0.590. The molecule has 0 atom stereocenters. The maximum absolute atomic E-state index is 6.15. The molecule has 2 fully saturated rings. The summed E-state index contributed by atoms with van der Waals surface area (Å²) in [7, 11) is 0. The third-order valence-electron chi connectivity index (χ3n) is 5.73. The SMILES string of the molecule is Nc1nc(N2CCC(CN3CCCCCC3)CC2)nc2ccccc12. The highest BCUT2D eigenvalue weighted by molar-refractivity contribution is 5.88. The minimum absolute atomic E-state index is 0.590. The molecule has 1 aromatic carbocycles. The summed E-state index contributed by atoms with van der Waals surface area (Å²) in [6.45, 7) is 5.94. The molecule has 3 heterocycles. The lowest BCUT2D eigenvalue weighted by Crippen LogP contribution is -2.39. The largest absolute Gasteiger partial charge is 0.383 e. The van der Waals surface area contributed by atoms with Gasteiger partial charge in [0.15, 0.2) is 0 Å². The minimum Gasteiger partial charge on any atom is -0.383 e. The van der Waals surface area contributed by atoms with Gasteiger partial charge in [-0.1, -0.05) is 25.0 Å². The number of benzene rings is 1. The fourth-order valence-corrected chi connectivity index (χ4v) is 4.23. The van der Waals surface area contributed by atoms with Gasteiger partial charge in [0, 0.05) is 25.0 Å². The van der Waals surface area contributed by atoms with E-state index in [1.165, 1.54) is 58.2 Å². The van der Waals surface area contributed by atoms with Crippen molar-refractivity contribution in [1.82, 2.24) is 14.9 Å². The van der Waals surface area contributed by atoms with Crippen LogP contribution in [0.2, 0.25) is 0 Å². The van der Waals surface area contributed by atoms with Crippen molar-refractivity contribution >= 4 is 22.7 Å². The summed E-state index contributed by atoms with van der Waals surface area (Å²) >= 11 is 0. The van der Waals surface area contributed by atoms with Crippen LogP contribution < -0.4 is 10.6 Å². The molecule has 0 radical (unpaired) electrons. The molecule has 134 valence electrons. The first-order valence-electron chi connectivity index (χ1n) is 9.79. The van der Waals surface area contributed by atoms with E-state index in [9.17, 15) is 0 Å². The fraction of sp³-hybridized carbons (Fsp3) is 0.600. The molecule has 2 aliphatic heterocycles. The average molecular weight is 339 g/mol. The predicted octanol–water partition coefficient (Wildman–Crippen LogP) is 3.30.